The number of rotatable bonds is 7. The summed E-state index contributed by atoms with van der Waals surface area (Å²) in [6.07, 6.45) is -0.0894. The molecule has 2 aromatic carbocycles. The van der Waals surface area contributed by atoms with Crippen LogP contribution in [0.4, 0.5) is 11.4 Å². The molecule has 1 aliphatic rings. The SMILES string of the molecule is COc1cccc(C(=O)COC(=O)[C@H]2CC(=O)N(c3ccc(C)c([N+](=O)[O-])c3)C2)c1. The topological polar surface area (TPSA) is 116 Å². The van der Waals surface area contributed by atoms with Crippen molar-refractivity contribution in [3.8, 4) is 5.75 Å². The Kier molecular flexibility index (Phi) is 6.10. The van der Waals surface area contributed by atoms with E-state index in [1.54, 1.807) is 43.3 Å². The van der Waals surface area contributed by atoms with E-state index < -0.39 is 29.2 Å². The average molecular weight is 412 g/mol. The number of Topliss-reactive ketones (excluding diaryl/α,β-unsaturated/α-hetero) is 1. The fourth-order valence-electron chi connectivity index (χ4n) is 3.21. The summed E-state index contributed by atoms with van der Waals surface area (Å²) in [5.74, 6) is -1.64. The minimum atomic E-state index is -0.754. The molecule has 0 radical (unpaired) electrons. The molecule has 0 unspecified atom stereocenters. The van der Waals surface area contributed by atoms with Crippen LogP contribution >= 0.6 is 0 Å². The first-order valence-electron chi connectivity index (χ1n) is 9.19. The number of ether oxygens (including phenoxy) is 2. The molecular weight excluding hydrogens is 392 g/mol. The molecule has 9 nitrogen and oxygen atoms in total. The summed E-state index contributed by atoms with van der Waals surface area (Å²) in [7, 11) is 1.48. The number of nitro benzene ring substituents is 1. The van der Waals surface area contributed by atoms with Crippen molar-refractivity contribution in [2.75, 3.05) is 25.2 Å². The predicted octanol–water partition coefficient (Wildman–Crippen LogP) is 2.69. The molecule has 1 amide bonds. The Bertz CT molecular complexity index is 1020. The van der Waals surface area contributed by atoms with Crippen LogP contribution in [0.25, 0.3) is 0 Å². The van der Waals surface area contributed by atoms with E-state index in [0.717, 1.165) is 0 Å². The molecule has 1 fully saturated rings. The molecule has 0 aliphatic carbocycles. The summed E-state index contributed by atoms with van der Waals surface area (Å²) in [5, 5.41) is 11.1. The maximum absolute atomic E-state index is 12.4. The van der Waals surface area contributed by atoms with Gasteiger partial charge in [-0.3, -0.25) is 24.5 Å². The van der Waals surface area contributed by atoms with Gasteiger partial charge in [0, 0.05) is 30.2 Å². The summed E-state index contributed by atoms with van der Waals surface area (Å²) in [6.45, 7) is 1.19. The highest BCUT2D eigenvalue weighted by Gasteiger charge is 2.37. The quantitative estimate of drug-likeness (QED) is 0.297. The molecule has 0 bridgehead atoms. The molecule has 1 atom stereocenters. The van der Waals surface area contributed by atoms with Crippen molar-refractivity contribution in [1.82, 2.24) is 0 Å². The van der Waals surface area contributed by atoms with Crippen LogP contribution in [-0.4, -0.2) is 42.8 Å². The standard InChI is InChI=1S/C21H20N2O7/c1-13-6-7-16(10-18(13)23(27)28)22-11-15(9-20(22)25)21(26)30-12-19(24)14-4-3-5-17(8-14)29-2/h3-8,10,15H,9,11-12H2,1-2H3/t15-/m0/s1. The van der Waals surface area contributed by atoms with E-state index in [2.05, 4.69) is 0 Å². The summed E-state index contributed by atoms with van der Waals surface area (Å²) in [5.41, 5.74) is 1.07. The van der Waals surface area contributed by atoms with Crippen molar-refractivity contribution in [3.05, 3.63) is 63.7 Å². The van der Waals surface area contributed by atoms with Crippen molar-refractivity contribution in [2.45, 2.75) is 13.3 Å². The second kappa shape index (κ2) is 8.73. The van der Waals surface area contributed by atoms with Crippen LogP contribution in [-0.2, 0) is 14.3 Å². The molecule has 156 valence electrons. The van der Waals surface area contributed by atoms with E-state index in [1.165, 1.54) is 18.1 Å². The van der Waals surface area contributed by atoms with Crippen LogP contribution in [0.15, 0.2) is 42.5 Å². The van der Waals surface area contributed by atoms with Gasteiger partial charge in [0.1, 0.15) is 5.75 Å². The molecule has 3 rings (SSSR count). The van der Waals surface area contributed by atoms with Gasteiger partial charge < -0.3 is 14.4 Å². The van der Waals surface area contributed by atoms with Crippen LogP contribution in [0, 0.1) is 23.0 Å². The smallest absolute Gasteiger partial charge is 0.311 e. The van der Waals surface area contributed by atoms with Gasteiger partial charge in [-0.05, 0) is 25.1 Å². The van der Waals surface area contributed by atoms with Crippen LogP contribution in [0.1, 0.15) is 22.3 Å². The molecule has 0 saturated carbocycles. The third kappa shape index (κ3) is 4.45. The van der Waals surface area contributed by atoms with Gasteiger partial charge in [0.2, 0.25) is 5.91 Å². The highest BCUT2D eigenvalue weighted by atomic mass is 16.6. The molecule has 0 N–H and O–H groups in total. The molecule has 1 aliphatic heterocycles. The normalized spacial score (nSPS) is 15.7. The summed E-state index contributed by atoms with van der Waals surface area (Å²) in [4.78, 5) is 48.9. The van der Waals surface area contributed by atoms with Crippen LogP contribution in [0.2, 0.25) is 0 Å². The third-order valence-corrected chi connectivity index (χ3v) is 4.90. The summed E-state index contributed by atoms with van der Waals surface area (Å²) < 4.78 is 10.2. The molecule has 9 heteroatoms. The van der Waals surface area contributed by atoms with Crippen molar-refractivity contribution in [1.29, 1.82) is 0 Å². The van der Waals surface area contributed by atoms with Crippen molar-refractivity contribution in [2.24, 2.45) is 5.92 Å². The zero-order valence-corrected chi connectivity index (χ0v) is 16.5. The average Bonchev–Trinajstić information content (AvgIpc) is 3.13. The molecule has 30 heavy (non-hydrogen) atoms. The number of esters is 1. The van der Waals surface area contributed by atoms with E-state index in [1.807, 2.05) is 0 Å². The molecule has 0 aromatic heterocycles. The lowest BCUT2D eigenvalue weighted by Gasteiger charge is -2.16. The van der Waals surface area contributed by atoms with Crippen molar-refractivity contribution < 1.29 is 28.8 Å². The Morgan fingerprint density at radius 2 is 2.00 bits per heavy atom. The van der Waals surface area contributed by atoms with E-state index in [0.29, 0.717) is 22.6 Å². The van der Waals surface area contributed by atoms with E-state index in [-0.39, 0.29) is 24.6 Å². The molecule has 1 saturated heterocycles. The Hall–Kier alpha value is -3.75. The number of methoxy groups -OCH3 is 1. The number of hydrogen-bond donors (Lipinski definition) is 0. The number of aryl methyl sites for hydroxylation is 1. The van der Waals surface area contributed by atoms with Gasteiger partial charge in [0.25, 0.3) is 5.69 Å². The first-order valence-corrected chi connectivity index (χ1v) is 9.19. The van der Waals surface area contributed by atoms with Gasteiger partial charge in [-0.25, -0.2) is 0 Å². The van der Waals surface area contributed by atoms with E-state index >= 15 is 0 Å². The van der Waals surface area contributed by atoms with E-state index in [4.69, 9.17) is 9.47 Å². The van der Waals surface area contributed by atoms with Gasteiger partial charge >= 0.3 is 5.97 Å². The Morgan fingerprint density at radius 3 is 2.70 bits per heavy atom. The number of carbonyl (C=O) groups is 3. The number of nitro groups is 1. The predicted molar refractivity (Wildman–Crippen MR) is 107 cm³/mol. The lowest BCUT2D eigenvalue weighted by atomic mass is 10.1. The maximum Gasteiger partial charge on any atom is 0.311 e. The lowest BCUT2D eigenvalue weighted by Crippen LogP contribution is -2.27. The monoisotopic (exact) mass is 412 g/mol. The number of anilines is 1. The maximum atomic E-state index is 12.4. The lowest BCUT2D eigenvalue weighted by molar-refractivity contribution is -0.385. The van der Waals surface area contributed by atoms with Crippen LogP contribution < -0.4 is 9.64 Å². The second-order valence-electron chi connectivity index (χ2n) is 6.90. The molecule has 0 spiro atoms. The van der Waals surface area contributed by atoms with Gasteiger partial charge in [-0.1, -0.05) is 18.2 Å². The minimum Gasteiger partial charge on any atom is -0.497 e. The number of nitrogens with zero attached hydrogens (tertiary/aromatic N) is 2. The van der Waals surface area contributed by atoms with Crippen LogP contribution in [0.5, 0.6) is 5.75 Å². The fraction of sp³-hybridized carbons (Fsp3) is 0.286. The summed E-state index contributed by atoms with van der Waals surface area (Å²) in [6, 6.07) is 10.9. The van der Waals surface area contributed by atoms with Gasteiger partial charge in [0.15, 0.2) is 12.4 Å². The Balaban J connectivity index is 1.63. The van der Waals surface area contributed by atoms with Gasteiger partial charge in [0.05, 0.1) is 23.6 Å². The Labute approximate surface area is 172 Å². The largest absolute Gasteiger partial charge is 0.497 e. The highest BCUT2D eigenvalue weighted by Crippen LogP contribution is 2.30. The van der Waals surface area contributed by atoms with Crippen molar-refractivity contribution >= 4 is 29.0 Å². The number of carbonyl (C=O) groups excluding carboxylic acids is 3. The number of amides is 1. The minimum absolute atomic E-state index is 0.0330. The fourth-order valence-corrected chi connectivity index (χ4v) is 3.21. The number of benzene rings is 2. The third-order valence-electron chi connectivity index (χ3n) is 4.90. The van der Waals surface area contributed by atoms with Gasteiger partial charge in [-0.15, -0.1) is 0 Å². The zero-order valence-electron chi connectivity index (χ0n) is 16.5. The first-order chi connectivity index (χ1) is 14.3. The molecule has 2 aromatic rings. The first kappa shape index (κ1) is 21.0. The zero-order chi connectivity index (χ0) is 21.8. The van der Waals surface area contributed by atoms with Crippen LogP contribution in [0.3, 0.4) is 0 Å². The molecule has 1 heterocycles. The van der Waals surface area contributed by atoms with Gasteiger partial charge in [-0.2, -0.15) is 0 Å². The summed E-state index contributed by atoms with van der Waals surface area (Å²) >= 11 is 0. The van der Waals surface area contributed by atoms with E-state index in [9.17, 15) is 24.5 Å². The number of hydrogen-bond acceptors (Lipinski definition) is 7. The van der Waals surface area contributed by atoms with Crippen molar-refractivity contribution in [3.63, 3.8) is 0 Å². The molecular formula is C21H20N2O7. The highest BCUT2D eigenvalue weighted by molar-refractivity contribution is 6.01. The number of ketones is 1. The Morgan fingerprint density at radius 1 is 1.23 bits per heavy atom. The second-order valence-corrected chi connectivity index (χ2v) is 6.90.